The van der Waals surface area contributed by atoms with Gasteiger partial charge in [0.15, 0.2) is 0 Å². The van der Waals surface area contributed by atoms with Gasteiger partial charge in [0, 0.05) is 31.2 Å². The Morgan fingerprint density at radius 2 is 1.92 bits per heavy atom. The average Bonchev–Trinajstić information content (AvgIpc) is 2.66. The van der Waals surface area contributed by atoms with Crippen LogP contribution in [-0.4, -0.2) is 50.6 Å². The van der Waals surface area contributed by atoms with Crippen molar-refractivity contribution in [3.63, 3.8) is 0 Å². The number of unbranched alkanes of at least 4 members (excludes halogenated alkanes) is 1. The first-order valence-corrected chi connectivity index (χ1v) is 10.8. The van der Waals surface area contributed by atoms with E-state index in [0.717, 1.165) is 6.42 Å². The Labute approximate surface area is 155 Å². The third-order valence-electron chi connectivity index (χ3n) is 4.48. The lowest BCUT2D eigenvalue weighted by Crippen LogP contribution is -2.42. The minimum atomic E-state index is -3.19. The van der Waals surface area contributed by atoms with Crippen molar-refractivity contribution >= 4 is 21.6 Å². The molecule has 0 unspecified atom stereocenters. The molecule has 0 spiro atoms. The molecule has 0 bridgehead atoms. The number of amides is 1. The zero-order valence-electron chi connectivity index (χ0n) is 15.3. The van der Waals surface area contributed by atoms with Gasteiger partial charge >= 0.3 is 0 Å². The molecule has 0 aromatic heterocycles. The first-order chi connectivity index (χ1) is 12.5. The molecule has 1 saturated heterocycles. The molecule has 1 aromatic carbocycles. The Bertz CT molecular complexity index is 668. The van der Waals surface area contributed by atoms with Gasteiger partial charge in [-0.2, -0.15) is 0 Å². The van der Waals surface area contributed by atoms with Crippen molar-refractivity contribution in [1.82, 2.24) is 4.31 Å². The Kier molecular flexibility index (Phi) is 7.86. The van der Waals surface area contributed by atoms with Crippen molar-refractivity contribution < 1.29 is 17.9 Å². The molecule has 1 amide bonds. The van der Waals surface area contributed by atoms with Gasteiger partial charge in [-0.3, -0.25) is 4.79 Å². The molecule has 7 nitrogen and oxygen atoms in total. The van der Waals surface area contributed by atoms with Crippen LogP contribution in [0, 0.1) is 5.92 Å². The van der Waals surface area contributed by atoms with Gasteiger partial charge in [0.1, 0.15) is 12.4 Å². The van der Waals surface area contributed by atoms with E-state index in [0.29, 0.717) is 56.9 Å². The van der Waals surface area contributed by atoms with Gasteiger partial charge in [-0.1, -0.05) is 13.3 Å². The minimum absolute atomic E-state index is 0.0637. The highest BCUT2D eigenvalue weighted by atomic mass is 32.2. The van der Waals surface area contributed by atoms with Crippen LogP contribution in [0.15, 0.2) is 24.3 Å². The standard InChI is InChI=1S/C18H29N3O4S/c1-2-3-14-26(23,24)21-11-8-15(9-12-21)18(22)20-16-4-6-17(7-5-16)25-13-10-19/h4-7,15H,2-3,8-14,19H2,1H3,(H,20,22). The lowest BCUT2D eigenvalue weighted by molar-refractivity contribution is -0.120. The molecule has 0 aliphatic carbocycles. The lowest BCUT2D eigenvalue weighted by Gasteiger charge is -2.30. The number of carbonyl (C=O) groups excluding carboxylic acids is 1. The quantitative estimate of drug-likeness (QED) is 0.677. The van der Waals surface area contributed by atoms with Gasteiger partial charge in [-0.05, 0) is 43.5 Å². The second-order valence-electron chi connectivity index (χ2n) is 6.49. The highest BCUT2D eigenvalue weighted by Gasteiger charge is 2.30. The largest absolute Gasteiger partial charge is 0.492 e. The van der Waals surface area contributed by atoms with Crippen molar-refractivity contribution in [1.29, 1.82) is 0 Å². The Balaban J connectivity index is 1.82. The fourth-order valence-electron chi connectivity index (χ4n) is 2.91. The number of nitrogens with one attached hydrogen (secondary N) is 1. The molecule has 0 saturated carbocycles. The average molecular weight is 384 g/mol. The van der Waals surface area contributed by atoms with Crippen LogP contribution < -0.4 is 15.8 Å². The molecular formula is C18H29N3O4S. The zero-order chi connectivity index (χ0) is 19.0. The number of ether oxygens (including phenoxy) is 1. The summed E-state index contributed by atoms with van der Waals surface area (Å²) < 4.78 is 31.4. The summed E-state index contributed by atoms with van der Waals surface area (Å²) in [6, 6.07) is 7.14. The number of rotatable bonds is 9. The van der Waals surface area contributed by atoms with Crippen LogP contribution in [0.5, 0.6) is 5.75 Å². The van der Waals surface area contributed by atoms with Crippen molar-refractivity contribution in [2.75, 3.05) is 37.3 Å². The van der Waals surface area contributed by atoms with Crippen molar-refractivity contribution in [2.45, 2.75) is 32.6 Å². The van der Waals surface area contributed by atoms with Crippen molar-refractivity contribution in [2.24, 2.45) is 11.7 Å². The van der Waals surface area contributed by atoms with Gasteiger partial charge in [0.25, 0.3) is 0 Å². The number of nitrogens with two attached hydrogens (primary N) is 1. The minimum Gasteiger partial charge on any atom is -0.492 e. The number of benzene rings is 1. The lowest BCUT2D eigenvalue weighted by atomic mass is 9.97. The first-order valence-electron chi connectivity index (χ1n) is 9.18. The smallest absolute Gasteiger partial charge is 0.227 e. The van der Waals surface area contributed by atoms with Crippen LogP contribution in [0.4, 0.5) is 5.69 Å². The summed E-state index contributed by atoms with van der Waals surface area (Å²) in [5, 5.41) is 2.90. The topological polar surface area (TPSA) is 102 Å². The molecule has 2 rings (SSSR count). The van der Waals surface area contributed by atoms with Crippen LogP contribution in [0.3, 0.4) is 0 Å². The molecule has 1 aliphatic rings. The van der Waals surface area contributed by atoms with Gasteiger partial charge in [-0.15, -0.1) is 0 Å². The molecule has 1 aliphatic heterocycles. The predicted molar refractivity (Wildman–Crippen MR) is 103 cm³/mol. The number of carbonyl (C=O) groups is 1. The van der Waals surface area contributed by atoms with E-state index in [2.05, 4.69) is 5.32 Å². The molecule has 3 N–H and O–H groups in total. The summed E-state index contributed by atoms with van der Waals surface area (Å²) in [6.07, 6.45) is 2.63. The fourth-order valence-corrected chi connectivity index (χ4v) is 4.59. The number of hydrogen-bond donors (Lipinski definition) is 2. The number of hydrogen-bond acceptors (Lipinski definition) is 5. The van der Waals surface area contributed by atoms with Crippen LogP contribution in [0.1, 0.15) is 32.6 Å². The molecule has 1 fully saturated rings. The number of nitrogens with zero attached hydrogens (tertiary/aromatic N) is 1. The van der Waals surface area contributed by atoms with Crippen LogP contribution >= 0.6 is 0 Å². The summed E-state index contributed by atoms with van der Waals surface area (Å²) in [5.74, 6) is 0.671. The molecule has 0 radical (unpaired) electrons. The third kappa shape index (κ3) is 5.96. The van der Waals surface area contributed by atoms with E-state index in [-0.39, 0.29) is 17.6 Å². The van der Waals surface area contributed by atoms with E-state index in [1.165, 1.54) is 4.31 Å². The Morgan fingerprint density at radius 3 is 2.50 bits per heavy atom. The van der Waals surface area contributed by atoms with Crippen molar-refractivity contribution in [3.8, 4) is 5.75 Å². The highest BCUT2D eigenvalue weighted by Crippen LogP contribution is 2.23. The second-order valence-corrected chi connectivity index (χ2v) is 8.58. The summed E-state index contributed by atoms with van der Waals surface area (Å²) in [6.45, 7) is 3.70. The first kappa shape index (κ1) is 20.7. The van der Waals surface area contributed by atoms with E-state index in [1.54, 1.807) is 24.3 Å². The van der Waals surface area contributed by atoms with Crippen LogP contribution in [0.2, 0.25) is 0 Å². The molecule has 1 heterocycles. The predicted octanol–water partition coefficient (Wildman–Crippen LogP) is 1.80. The van der Waals surface area contributed by atoms with Gasteiger partial charge in [-0.25, -0.2) is 12.7 Å². The zero-order valence-corrected chi connectivity index (χ0v) is 16.1. The molecule has 0 atom stereocenters. The van der Waals surface area contributed by atoms with E-state index < -0.39 is 10.0 Å². The highest BCUT2D eigenvalue weighted by molar-refractivity contribution is 7.89. The van der Waals surface area contributed by atoms with Gasteiger partial charge < -0.3 is 15.8 Å². The summed E-state index contributed by atoms with van der Waals surface area (Å²) in [7, 11) is -3.19. The molecule has 26 heavy (non-hydrogen) atoms. The van der Waals surface area contributed by atoms with Gasteiger partial charge in [0.2, 0.25) is 15.9 Å². The Hall–Kier alpha value is -1.64. The van der Waals surface area contributed by atoms with Gasteiger partial charge in [0.05, 0.1) is 5.75 Å². The second kappa shape index (κ2) is 9.89. The van der Waals surface area contributed by atoms with E-state index in [4.69, 9.17) is 10.5 Å². The number of sulfonamides is 1. The maximum Gasteiger partial charge on any atom is 0.227 e. The van der Waals surface area contributed by atoms with E-state index in [1.807, 2.05) is 6.92 Å². The SMILES string of the molecule is CCCCS(=O)(=O)N1CCC(C(=O)Nc2ccc(OCCN)cc2)CC1. The normalized spacial score (nSPS) is 16.4. The molecular weight excluding hydrogens is 354 g/mol. The van der Waals surface area contributed by atoms with E-state index >= 15 is 0 Å². The maximum absolute atomic E-state index is 12.4. The monoisotopic (exact) mass is 383 g/mol. The summed E-state index contributed by atoms with van der Waals surface area (Å²) in [5.41, 5.74) is 6.09. The van der Waals surface area contributed by atoms with Crippen LogP contribution in [0.25, 0.3) is 0 Å². The summed E-state index contributed by atoms with van der Waals surface area (Å²) >= 11 is 0. The number of anilines is 1. The maximum atomic E-state index is 12.4. The Morgan fingerprint density at radius 1 is 1.27 bits per heavy atom. The van der Waals surface area contributed by atoms with E-state index in [9.17, 15) is 13.2 Å². The van der Waals surface area contributed by atoms with Crippen molar-refractivity contribution in [3.05, 3.63) is 24.3 Å². The number of piperidine rings is 1. The molecule has 8 heteroatoms. The van der Waals surface area contributed by atoms with Crippen LogP contribution in [-0.2, 0) is 14.8 Å². The molecule has 1 aromatic rings. The third-order valence-corrected chi connectivity index (χ3v) is 6.44. The summed E-state index contributed by atoms with van der Waals surface area (Å²) in [4.78, 5) is 12.4. The molecule has 146 valence electrons. The fraction of sp³-hybridized carbons (Fsp3) is 0.611.